The summed E-state index contributed by atoms with van der Waals surface area (Å²) in [4.78, 5) is 5.02. The summed E-state index contributed by atoms with van der Waals surface area (Å²) in [6.07, 6.45) is 5.04. The summed E-state index contributed by atoms with van der Waals surface area (Å²) in [7, 11) is 0. The number of hydrogen-bond acceptors (Lipinski definition) is 4. The largest absolute Gasteiger partial charge is 0.411 e. The number of oxime groups is 1. The standard InChI is InChI=1S/C9H8ClN3OS/c10-9-11-5-8(15-9)6-13-3-1-2-7(13)4-12-14/h1-5,14H,6H2/b12-4+. The minimum absolute atomic E-state index is 0.537. The molecule has 78 valence electrons. The molecule has 2 aromatic heterocycles. The number of thiazole rings is 1. The van der Waals surface area contributed by atoms with Gasteiger partial charge in [0.2, 0.25) is 0 Å². The van der Waals surface area contributed by atoms with Crippen LogP contribution in [0.3, 0.4) is 0 Å². The summed E-state index contributed by atoms with van der Waals surface area (Å²) in [6.45, 7) is 0.679. The maximum atomic E-state index is 8.46. The fourth-order valence-electron chi connectivity index (χ4n) is 1.27. The Morgan fingerprint density at radius 2 is 2.53 bits per heavy atom. The zero-order chi connectivity index (χ0) is 10.7. The third-order valence-electron chi connectivity index (χ3n) is 1.91. The molecule has 0 atom stereocenters. The van der Waals surface area contributed by atoms with E-state index in [1.807, 2.05) is 22.9 Å². The number of rotatable bonds is 3. The lowest BCUT2D eigenvalue weighted by molar-refractivity contribution is 0.321. The van der Waals surface area contributed by atoms with Gasteiger partial charge in [-0.3, -0.25) is 0 Å². The average Bonchev–Trinajstić information content (AvgIpc) is 2.78. The van der Waals surface area contributed by atoms with E-state index in [9.17, 15) is 0 Å². The Morgan fingerprint density at radius 1 is 1.67 bits per heavy atom. The zero-order valence-electron chi connectivity index (χ0n) is 7.67. The molecule has 0 saturated heterocycles. The van der Waals surface area contributed by atoms with E-state index in [4.69, 9.17) is 16.8 Å². The first-order chi connectivity index (χ1) is 7.29. The van der Waals surface area contributed by atoms with Crippen molar-refractivity contribution in [2.24, 2.45) is 5.16 Å². The predicted molar refractivity (Wildman–Crippen MR) is 60.0 cm³/mol. The summed E-state index contributed by atoms with van der Waals surface area (Å²) >= 11 is 7.17. The number of nitrogens with zero attached hydrogens (tertiary/aromatic N) is 3. The van der Waals surface area contributed by atoms with Crippen molar-refractivity contribution in [3.63, 3.8) is 0 Å². The molecule has 1 N–H and O–H groups in total. The van der Waals surface area contributed by atoms with Crippen LogP contribution in [0.15, 0.2) is 29.7 Å². The molecule has 0 aromatic carbocycles. The Balaban J connectivity index is 2.20. The quantitative estimate of drug-likeness (QED) is 0.510. The maximum absolute atomic E-state index is 8.46. The molecule has 0 unspecified atom stereocenters. The molecule has 0 radical (unpaired) electrons. The van der Waals surface area contributed by atoms with Crippen LogP contribution in [0.5, 0.6) is 0 Å². The van der Waals surface area contributed by atoms with E-state index in [1.54, 1.807) is 6.20 Å². The Kier molecular flexibility index (Phi) is 3.03. The van der Waals surface area contributed by atoms with E-state index in [1.165, 1.54) is 17.6 Å². The molecule has 6 heteroatoms. The maximum Gasteiger partial charge on any atom is 0.183 e. The van der Waals surface area contributed by atoms with Gasteiger partial charge < -0.3 is 9.77 Å². The number of aromatic nitrogens is 2. The van der Waals surface area contributed by atoms with Crippen LogP contribution in [0.4, 0.5) is 0 Å². The van der Waals surface area contributed by atoms with E-state index < -0.39 is 0 Å². The van der Waals surface area contributed by atoms with Crippen LogP contribution in [0, 0.1) is 0 Å². The molecule has 2 heterocycles. The Labute approximate surface area is 95.4 Å². The van der Waals surface area contributed by atoms with Crippen LogP contribution in [0.1, 0.15) is 10.6 Å². The molecule has 0 aliphatic carbocycles. The summed E-state index contributed by atoms with van der Waals surface area (Å²) in [6, 6.07) is 3.75. The second-order valence-electron chi connectivity index (χ2n) is 2.89. The second-order valence-corrected chi connectivity index (χ2v) is 4.58. The van der Waals surface area contributed by atoms with Crippen molar-refractivity contribution < 1.29 is 5.21 Å². The van der Waals surface area contributed by atoms with Gasteiger partial charge in [-0.1, -0.05) is 16.8 Å². The SMILES string of the molecule is O/N=C/c1cccn1Cc1cnc(Cl)s1. The van der Waals surface area contributed by atoms with Crippen LogP contribution < -0.4 is 0 Å². The van der Waals surface area contributed by atoms with E-state index in [0.29, 0.717) is 11.0 Å². The highest BCUT2D eigenvalue weighted by atomic mass is 35.5. The van der Waals surface area contributed by atoms with Crippen LogP contribution in [0.25, 0.3) is 0 Å². The number of halogens is 1. The normalized spacial score (nSPS) is 11.3. The van der Waals surface area contributed by atoms with Crippen molar-refractivity contribution >= 4 is 29.2 Å². The molecule has 4 nitrogen and oxygen atoms in total. The molecule has 0 saturated carbocycles. The summed E-state index contributed by atoms with van der Waals surface area (Å²) in [5.41, 5.74) is 0.835. The summed E-state index contributed by atoms with van der Waals surface area (Å²) < 4.78 is 2.48. The highest BCUT2D eigenvalue weighted by Crippen LogP contribution is 2.19. The molecule has 0 fully saturated rings. The van der Waals surface area contributed by atoms with Gasteiger partial charge in [-0.2, -0.15) is 0 Å². The lowest BCUT2D eigenvalue weighted by Crippen LogP contribution is -2.00. The molecule has 0 aliphatic heterocycles. The van der Waals surface area contributed by atoms with Crippen molar-refractivity contribution in [1.29, 1.82) is 0 Å². The predicted octanol–water partition coefficient (Wildman–Crippen LogP) is 2.45. The van der Waals surface area contributed by atoms with Crippen molar-refractivity contribution in [3.8, 4) is 0 Å². The number of hydrogen-bond donors (Lipinski definition) is 1. The highest BCUT2D eigenvalue weighted by Gasteiger charge is 2.03. The molecule has 0 spiro atoms. The van der Waals surface area contributed by atoms with E-state index in [2.05, 4.69) is 10.1 Å². The van der Waals surface area contributed by atoms with Crippen LogP contribution >= 0.6 is 22.9 Å². The van der Waals surface area contributed by atoms with Gasteiger partial charge in [0.05, 0.1) is 18.5 Å². The highest BCUT2D eigenvalue weighted by molar-refractivity contribution is 7.15. The molecule has 2 rings (SSSR count). The van der Waals surface area contributed by atoms with Gasteiger partial charge in [-0.25, -0.2) is 4.98 Å². The summed E-state index contributed by atoms with van der Waals surface area (Å²) in [5, 5.41) is 11.5. The molecule has 2 aromatic rings. The smallest absolute Gasteiger partial charge is 0.183 e. The van der Waals surface area contributed by atoms with Gasteiger partial charge in [0.1, 0.15) is 0 Å². The van der Waals surface area contributed by atoms with Gasteiger partial charge >= 0.3 is 0 Å². The minimum Gasteiger partial charge on any atom is -0.411 e. The van der Waals surface area contributed by atoms with Crippen LogP contribution in [-0.2, 0) is 6.54 Å². The fourth-order valence-corrected chi connectivity index (χ4v) is 2.25. The summed E-state index contributed by atoms with van der Waals surface area (Å²) in [5.74, 6) is 0. The molecule has 0 aliphatic rings. The van der Waals surface area contributed by atoms with E-state index >= 15 is 0 Å². The van der Waals surface area contributed by atoms with Crippen molar-refractivity contribution in [1.82, 2.24) is 9.55 Å². The lowest BCUT2D eigenvalue weighted by Gasteiger charge is -2.02. The van der Waals surface area contributed by atoms with Gasteiger partial charge in [-0.05, 0) is 12.1 Å². The van der Waals surface area contributed by atoms with Crippen LogP contribution in [-0.4, -0.2) is 21.0 Å². The first kappa shape index (κ1) is 10.2. The van der Waals surface area contributed by atoms with Gasteiger partial charge in [0.25, 0.3) is 0 Å². The van der Waals surface area contributed by atoms with Gasteiger partial charge in [0, 0.05) is 17.3 Å². The first-order valence-corrected chi connectivity index (χ1v) is 5.42. The van der Waals surface area contributed by atoms with Gasteiger partial charge in [-0.15, -0.1) is 11.3 Å². The first-order valence-electron chi connectivity index (χ1n) is 4.22. The molecule has 15 heavy (non-hydrogen) atoms. The Morgan fingerprint density at radius 3 is 3.20 bits per heavy atom. The Bertz CT molecular complexity index is 477. The second kappa shape index (κ2) is 4.46. The van der Waals surface area contributed by atoms with Gasteiger partial charge in [0.15, 0.2) is 4.47 Å². The molecular formula is C9H8ClN3OS. The topological polar surface area (TPSA) is 50.4 Å². The molecule has 0 bridgehead atoms. The molecule has 0 amide bonds. The van der Waals surface area contributed by atoms with E-state index in [-0.39, 0.29) is 0 Å². The van der Waals surface area contributed by atoms with E-state index in [0.717, 1.165) is 10.6 Å². The lowest BCUT2D eigenvalue weighted by atomic mass is 10.4. The average molecular weight is 242 g/mol. The van der Waals surface area contributed by atoms with Crippen molar-refractivity contribution in [2.75, 3.05) is 0 Å². The third-order valence-corrected chi connectivity index (χ3v) is 3.01. The van der Waals surface area contributed by atoms with Crippen molar-refractivity contribution in [3.05, 3.63) is 39.6 Å². The van der Waals surface area contributed by atoms with Crippen molar-refractivity contribution in [2.45, 2.75) is 6.54 Å². The minimum atomic E-state index is 0.537. The Hall–Kier alpha value is -1.33. The third kappa shape index (κ3) is 2.37. The molecular weight excluding hydrogens is 234 g/mol. The zero-order valence-corrected chi connectivity index (χ0v) is 9.24. The van der Waals surface area contributed by atoms with Crippen LogP contribution in [0.2, 0.25) is 4.47 Å². The fraction of sp³-hybridized carbons (Fsp3) is 0.111. The monoisotopic (exact) mass is 241 g/mol.